The molecule has 0 atom stereocenters. The van der Waals surface area contributed by atoms with E-state index in [9.17, 15) is 4.79 Å². The molecule has 0 fully saturated rings. The molecule has 0 unspecified atom stereocenters. The highest BCUT2D eigenvalue weighted by Crippen LogP contribution is 2.30. The lowest BCUT2D eigenvalue weighted by Crippen LogP contribution is -2.13. The van der Waals surface area contributed by atoms with Gasteiger partial charge in [-0.05, 0) is 37.1 Å². The Morgan fingerprint density at radius 3 is 2.61 bits per heavy atom. The van der Waals surface area contributed by atoms with Gasteiger partial charge in [0.1, 0.15) is 11.3 Å². The molecule has 1 amide bonds. The molecule has 2 aromatic carbocycles. The van der Waals surface area contributed by atoms with Crippen LogP contribution in [0.1, 0.15) is 38.1 Å². The zero-order valence-corrected chi connectivity index (χ0v) is 17.9. The number of anilines is 2. The average Bonchev–Trinajstić information content (AvgIpc) is 3.13. The summed E-state index contributed by atoms with van der Waals surface area (Å²) in [6, 6.07) is 15.8. The lowest BCUT2D eigenvalue weighted by Gasteiger charge is -2.12. The van der Waals surface area contributed by atoms with E-state index < -0.39 is 6.09 Å². The number of hydrogen-bond acceptors (Lipinski definition) is 5. The van der Waals surface area contributed by atoms with Crippen molar-refractivity contribution in [1.29, 1.82) is 0 Å². The molecule has 7 heteroatoms. The number of rotatable bonds is 7. The topological polar surface area (TPSA) is 95.1 Å². The molecule has 0 saturated carbocycles. The van der Waals surface area contributed by atoms with Crippen LogP contribution in [0.3, 0.4) is 0 Å². The molecule has 4 rings (SSSR count). The van der Waals surface area contributed by atoms with Crippen LogP contribution in [-0.4, -0.2) is 27.2 Å². The van der Waals surface area contributed by atoms with Gasteiger partial charge in [-0.1, -0.05) is 43.7 Å². The Morgan fingerprint density at radius 1 is 1.10 bits per heavy atom. The molecule has 0 radical (unpaired) electrons. The third kappa shape index (κ3) is 4.30. The van der Waals surface area contributed by atoms with Gasteiger partial charge in [0.2, 0.25) is 0 Å². The summed E-state index contributed by atoms with van der Waals surface area (Å²) >= 11 is 0. The second-order valence-corrected chi connectivity index (χ2v) is 7.47. The fraction of sp³-hybridized carbons (Fsp3) is 0.292. The summed E-state index contributed by atoms with van der Waals surface area (Å²) < 4.78 is 7.18. The number of aromatic nitrogens is 3. The first-order valence-electron chi connectivity index (χ1n) is 10.7. The number of nitrogen functional groups attached to an aromatic ring is 1. The van der Waals surface area contributed by atoms with Crippen LogP contribution in [-0.2, 0) is 17.7 Å². The number of hydrogen-bond donors (Lipinski definition) is 2. The van der Waals surface area contributed by atoms with Crippen LogP contribution in [0.2, 0.25) is 0 Å². The molecule has 0 saturated heterocycles. The number of aryl methyl sites for hydroxylation is 1. The first kappa shape index (κ1) is 20.7. The Morgan fingerprint density at radius 2 is 1.87 bits per heavy atom. The first-order valence-corrected chi connectivity index (χ1v) is 10.7. The molecule has 0 bridgehead atoms. The van der Waals surface area contributed by atoms with Gasteiger partial charge in [-0.25, -0.2) is 14.8 Å². The van der Waals surface area contributed by atoms with E-state index in [0.29, 0.717) is 24.7 Å². The van der Waals surface area contributed by atoms with Gasteiger partial charge in [-0.15, -0.1) is 0 Å². The van der Waals surface area contributed by atoms with Crippen LogP contribution in [0.15, 0.2) is 48.5 Å². The average molecular weight is 418 g/mol. The number of carbonyl (C=O) groups excluding carboxylic acids is 1. The zero-order valence-electron chi connectivity index (χ0n) is 17.9. The van der Waals surface area contributed by atoms with Gasteiger partial charge < -0.3 is 15.0 Å². The molecule has 2 aromatic heterocycles. The predicted molar refractivity (Wildman–Crippen MR) is 124 cm³/mol. The van der Waals surface area contributed by atoms with Crippen molar-refractivity contribution in [1.82, 2.24) is 14.5 Å². The highest BCUT2D eigenvalue weighted by atomic mass is 16.5. The summed E-state index contributed by atoms with van der Waals surface area (Å²) in [5, 5.41) is 3.77. The highest BCUT2D eigenvalue weighted by molar-refractivity contribution is 6.06. The van der Waals surface area contributed by atoms with Crippen molar-refractivity contribution in [2.24, 2.45) is 0 Å². The Bertz CT molecular complexity index is 1210. The largest absolute Gasteiger partial charge is 0.450 e. The maximum atomic E-state index is 11.6. The molecule has 160 valence electrons. The Hall–Kier alpha value is -3.61. The molecule has 3 N–H and O–H groups in total. The number of ether oxygens (including phenoxy) is 1. The predicted octanol–water partition coefficient (Wildman–Crippen LogP) is 5.13. The number of imidazole rings is 1. The van der Waals surface area contributed by atoms with E-state index in [1.165, 1.54) is 0 Å². The second kappa shape index (κ2) is 9.04. The van der Waals surface area contributed by atoms with Gasteiger partial charge in [-0.3, -0.25) is 5.32 Å². The van der Waals surface area contributed by atoms with E-state index in [-0.39, 0.29) is 0 Å². The van der Waals surface area contributed by atoms with Gasteiger partial charge in [0.15, 0.2) is 5.82 Å². The van der Waals surface area contributed by atoms with Crippen molar-refractivity contribution in [3.8, 4) is 0 Å². The number of unbranched alkanes of at least 4 members (excludes halogenated alkanes) is 1. The Labute approximate surface area is 181 Å². The smallest absolute Gasteiger partial charge is 0.411 e. The number of nitrogens with zero attached hydrogens (tertiary/aromatic N) is 3. The van der Waals surface area contributed by atoms with Crippen LogP contribution in [0.5, 0.6) is 0 Å². The summed E-state index contributed by atoms with van der Waals surface area (Å²) in [6.07, 6.45) is 2.57. The Balaban J connectivity index is 1.74. The fourth-order valence-corrected chi connectivity index (χ4v) is 3.76. The van der Waals surface area contributed by atoms with Crippen LogP contribution < -0.4 is 11.1 Å². The minimum atomic E-state index is -0.452. The number of fused-ring (bicyclic) bond motifs is 3. The summed E-state index contributed by atoms with van der Waals surface area (Å²) in [5.41, 5.74) is 10.7. The van der Waals surface area contributed by atoms with E-state index in [1.54, 1.807) is 6.92 Å². The summed E-state index contributed by atoms with van der Waals surface area (Å²) in [4.78, 5) is 21.1. The molecule has 0 spiro atoms. The summed E-state index contributed by atoms with van der Waals surface area (Å²) in [5.74, 6) is 1.47. The van der Waals surface area contributed by atoms with Crippen LogP contribution in [0, 0.1) is 0 Å². The monoisotopic (exact) mass is 417 g/mol. The zero-order chi connectivity index (χ0) is 21.8. The molecule has 0 aliphatic carbocycles. The van der Waals surface area contributed by atoms with Crippen molar-refractivity contribution in [3.63, 3.8) is 0 Å². The fourth-order valence-electron chi connectivity index (χ4n) is 3.76. The third-order valence-electron chi connectivity index (χ3n) is 5.26. The maximum Gasteiger partial charge on any atom is 0.411 e. The molecule has 4 aromatic rings. The third-order valence-corrected chi connectivity index (χ3v) is 5.26. The van der Waals surface area contributed by atoms with Gasteiger partial charge in [0.25, 0.3) is 0 Å². The lowest BCUT2D eigenvalue weighted by molar-refractivity contribution is 0.168. The van der Waals surface area contributed by atoms with Crippen molar-refractivity contribution in [2.45, 2.75) is 39.7 Å². The molecular formula is C24H27N5O2. The Kier molecular flexibility index (Phi) is 6.02. The quantitative estimate of drug-likeness (QED) is 0.435. The lowest BCUT2D eigenvalue weighted by atomic mass is 10.1. The van der Waals surface area contributed by atoms with Crippen molar-refractivity contribution in [3.05, 3.63) is 59.9 Å². The minimum Gasteiger partial charge on any atom is -0.450 e. The van der Waals surface area contributed by atoms with Gasteiger partial charge >= 0.3 is 6.09 Å². The van der Waals surface area contributed by atoms with E-state index in [4.69, 9.17) is 15.5 Å². The van der Waals surface area contributed by atoms with Crippen molar-refractivity contribution < 1.29 is 9.53 Å². The highest BCUT2D eigenvalue weighted by Gasteiger charge is 2.17. The van der Waals surface area contributed by atoms with Crippen LogP contribution >= 0.6 is 0 Å². The summed E-state index contributed by atoms with van der Waals surface area (Å²) in [7, 11) is 0. The molecular weight excluding hydrogens is 390 g/mol. The van der Waals surface area contributed by atoms with Gasteiger partial charge in [0.05, 0.1) is 17.6 Å². The number of para-hydroxylation sites is 1. The molecule has 0 aliphatic heterocycles. The van der Waals surface area contributed by atoms with E-state index in [1.807, 2.05) is 42.5 Å². The van der Waals surface area contributed by atoms with E-state index in [0.717, 1.165) is 52.6 Å². The number of carbonyl (C=O) groups is 1. The van der Waals surface area contributed by atoms with Crippen LogP contribution in [0.25, 0.3) is 21.9 Å². The van der Waals surface area contributed by atoms with Crippen molar-refractivity contribution >= 4 is 39.5 Å². The molecule has 0 aliphatic rings. The molecule has 31 heavy (non-hydrogen) atoms. The summed E-state index contributed by atoms with van der Waals surface area (Å²) in [6.45, 7) is 4.95. The number of nitrogens with one attached hydrogen (secondary N) is 1. The normalized spacial score (nSPS) is 11.2. The number of nitrogens with two attached hydrogens (primary N) is 1. The molecule has 7 nitrogen and oxygen atoms in total. The second-order valence-electron chi connectivity index (χ2n) is 7.47. The standard InChI is InChI=1S/C24H27N5O2/c1-3-5-10-20-28-21-22(18-8-6-7-9-19(18)27-23(21)25)29(20)15-16-11-13-17(14-12-16)26-24(30)31-4-2/h6-9,11-14H,3-5,10,15H2,1-2H3,(H2,25,27)(H,26,30). The SMILES string of the molecule is CCCCc1nc2c(N)nc3ccccc3c2n1Cc1ccc(NC(=O)OCC)cc1. The van der Waals surface area contributed by atoms with E-state index >= 15 is 0 Å². The number of benzene rings is 2. The van der Waals surface area contributed by atoms with Crippen LogP contribution in [0.4, 0.5) is 16.3 Å². The van der Waals surface area contributed by atoms with Gasteiger partial charge in [0, 0.05) is 24.0 Å². The number of amides is 1. The molecule has 2 heterocycles. The minimum absolute atomic E-state index is 0.337. The number of pyridine rings is 1. The van der Waals surface area contributed by atoms with E-state index in [2.05, 4.69) is 27.9 Å². The van der Waals surface area contributed by atoms with Crippen molar-refractivity contribution in [2.75, 3.05) is 17.7 Å². The van der Waals surface area contributed by atoms with Gasteiger partial charge in [-0.2, -0.15) is 0 Å². The maximum absolute atomic E-state index is 11.6. The first-order chi connectivity index (χ1) is 15.1.